The molecule has 0 bridgehead atoms. The molecule has 0 spiro atoms. The molecule has 5 aromatic carbocycles. The normalized spacial score (nSPS) is 12.8. The van der Waals surface area contributed by atoms with E-state index >= 15 is 0 Å². The zero-order valence-electron chi connectivity index (χ0n) is 18.7. The lowest BCUT2D eigenvalue weighted by molar-refractivity contribution is -0.137. The first-order valence-corrected chi connectivity index (χ1v) is 11.3. The molecule has 0 aromatic heterocycles. The smallest absolute Gasteiger partial charge is 0.306 e. The first-order valence-electron chi connectivity index (χ1n) is 11.3. The van der Waals surface area contributed by atoms with Crippen LogP contribution >= 0.6 is 0 Å². The molecule has 0 fully saturated rings. The molecule has 0 saturated carbocycles. The van der Waals surface area contributed by atoms with Crippen molar-refractivity contribution in [2.24, 2.45) is 0 Å². The quantitative estimate of drug-likeness (QED) is 0.280. The average Bonchev–Trinajstić information content (AvgIpc) is 2.86. The van der Waals surface area contributed by atoms with Crippen LogP contribution in [0.1, 0.15) is 29.7 Å². The van der Waals surface area contributed by atoms with Crippen molar-refractivity contribution in [3.8, 4) is 11.1 Å². The molecule has 0 radical (unpaired) electrons. The molecule has 0 saturated heterocycles. The van der Waals surface area contributed by atoms with Gasteiger partial charge in [-0.05, 0) is 75.0 Å². The van der Waals surface area contributed by atoms with Crippen molar-refractivity contribution in [2.45, 2.75) is 25.7 Å². The van der Waals surface area contributed by atoms with Crippen LogP contribution in [0.15, 0.2) is 103 Å². The van der Waals surface area contributed by atoms with E-state index in [9.17, 15) is 13.2 Å². The summed E-state index contributed by atoms with van der Waals surface area (Å²) in [6, 6.07) is 32.5. The van der Waals surface area contributed by atoms with Gasteiger partial charge in [0.2, 0.25) is 0 Å². The summed E-state index contributed by atoms with van der Waals surface area (Å²) < 4.78 is 39.1. The lowest BCUT2D eigenvalue weighted by atomic mass is 9.94. The summed E-state index contributed by atoms with van der Waals surface area (Å²) >= 11 is 0. The number of halogens is 3. The second kappa shape index (κ2) is 8.96. The third-order valence-electron chi connectivity index (χ3n) is 6.35. The molecule has 0 amide bonds. The third-order valence-corrected chi connectivity index (χ3v) is 6.35. The summed E-state index contributed by atoms with van der Waals surface area (Å²) in [5.74, 6) is 0. The maximum atomic E-state index is 13.0. The molecule has 34 heavy (non-hydrogen) atoms. The van der Waals surface area contributed by atoms with Crippen LogP contribution in [0, 0.1) is 0 Å². The van der Waals surface area contributed by atoms with Gasteiger partial charge in [0.1, 0.15) is 0 Å². The first kappa shape index (κ1) is 22.2. The standard InChI is InChI=1S/C30H24F3N/c1-20(26-12-6-9-22-7-2-4-10-27(22)26)34-19-21-17-24-8-3-5-11-28(24)29(18-21)23-13-15-25(16-14-23)30(31,32)33/h2-18,20,34H,19H2,1H3/t20-/m1/s1. The summed E-state index contributed by atoms with van der Waals surface area (Å²) in [5.41, 5.74) is 3.39. The monoisotopic (exact) mass is 455 g/mol. The molecule has 5 rings (SSSR count). The van der Waals surface area contributed by atoms with Gasteiger partial charge in [0.25, 0.3) is 0 Å². The fourth-order valence-corrected chi connectivity index (χ4v) is 4.56. The number of rotatable bonds is 5. The molecule has 1 N–H and O–H groups in total. The summed E-state index contributed by atoms with van der Waals surface area (Å²) in [6.07, 6.45) is -4.34. The van der Waals surface area contributed by atoms with Crippen molar-refractivity contribution in [3.63, 3.8) is 0 Å². The zero-order chi connectivity index (χ0) is 23.7. The minimum absolute atomic E-state index is 0.132. The fourth-order valence-electron chi connectivity index (χ4n) is 4.56. The second-order valence-corrected chi connectivity index (χ2v) is 8.61. The van der Waals surface area contributed by atoms with E-state index in [0.29, 0.717) is 6.54 Å². The average molecular weight is 456 g/mol. The van der Waals surface area contributed by atoms with Crippen LogP contribution in [0.2, 0.25) is 0 Å². The highest BCUT2D eigenvalue weighted by Crippen LogP contribution is 2.34. The van der Waals surface area contributed by atoms with Crippen LogP contribution in [0.4, 0.5) is 13.2 Å². The summed E-state index contributed by atoms with van der Waals surface area (Å²) in [6.45, 7) is 2.79. The van der Waals surface area contributed by atoms with Crippen LogP contribution in [0.25, 0.3) is 32.7 Å². The minimum atomic E-state index is -4.34. The first-order chi connectivity index (χ1) is 16.4. The van der Waals surface area contributed by atoms with Gasteiger partial charge in [-0.3, -0.25) is 0 Å². The van der Waals surface area contributed by atoms with Crippen molar-refractivity contribution < 1.29 is 13.2 Å². The Morgan fingerprint density at radius 2 is 1.35 bits per heavy atom. The largest absolute Gasteiger partial charge is 0.416 e. The summed E-state index contributed by atoms with van der Waals surface area (Å²) in [5, 5.41) is 8.16. The second-order valence-electron chi connectivity index (χ2n) is 8.61. The van der Waals surface area contributed by atoms with Crippen molar-refractivity contribution in [1.82, 2.24) is 5.32 Å². The highest BCUT2D eigenvalue weighted by atomic mass is 19.4. The molecule has 1 atom stereocenters. The molecule has 0 aliphatic heterocycles. The van der Waals surface area contributed by atoms with Crippen molar-refractivity contribution >= 4 is 21.5 Å². The highest BCUT2D eigenvalue weighted by Gasteiger charge is 2.30. The van der Waals surface area contributed by atoms with Gasteiger partial charge in [-0.1, -0.05) is 78.9 Å². The van der Waals surface area contributed by atoms with Crippen LogP contribution in [0.5, 0.6) is 0 Å². The lowest BCUT2D eigenvalue weighted by Crippen LogP contribution is -2.18. The molecular formula is C30H24F3N. The van der Waals surface area contributed by atoms with Crippen LogP contribution < -0.4 is 5.32 Å². The van der Waals surface area contributed by atoms with Crippen molar-refractivity contribution in [1.29, 1.82) is 0 Å². The van der Waals surface area contributed by atoms with E-state index in [1.54, 1.807) is 12.1 Å². The van der Waals surface area contributed by atoms with E-state index in [2.05, 4.69) is 60.8 Å². The van der Waals surface area contributed by atoms with Gasteiger partial charge in [-0.25, -0.2) is 0 Å². The molecule has 0 heterocycles. The Bertz CT molecular complexity index is 1450. The number of benzene rings is 5. The van der Waals surface area contributed by atoms with Crippen LogP contribution in [-0.4, -0.2) is 0 Å². The van der Waals surface area contributed by atoms with E-state index < -0.39 is 11.7 Å². The molecule has 170 valence electrons. The van der Waals surface area contributed by atoms with Gasteiger partial charge >= 0.3 is 6.18 Å². The minimum Gasteiger partial charge on any atom is -0.306 e. The molecule has 0 aliphatic carbocycles. The predicted molar refractivity (Wildman–Crippen MR) is 134 cm³/mol. The zero-order valence-corrected chi connectivity index (χ0v) is 18.7. The maximum Gasteiger partial charge on any atom is 0.416 e. The summed E-state index contributed by atoms with van der Waals surface area (Å²) in [4.78, 5) is 0. The number of fused-ring (bicyclic) bond motifs is 2. The number of hydrogen-bond acceptors (Lipinski definition) is 1. The van der Waals surface area contributed by atoms with E-state index in [1.165, 1.54) is 16.3 Å². The Balaban J connectivity index is 1.46. The molecule has 4 heteroatoms. The Morgan fingerprint density at radius 1 is 0.706 bits per heavy atom. The molecule has 5 aromatic rings. The van der Waals surface area contributed by atoms with Gasteiger partial charge < -0.3 is 5.32 Å². The summed E-state index contributed by atoms with van der Waals surface area (Å²) in [7, 11) is 0. The highest BCUT2D eigenvalue weighted by molar-refractivity contribution is 5.97. The van der Waals surface area contributed by atoms with Gasteiger partial charge in [0.15, 0.2) is 0 Å². The predicted octanol–water partition coefficient (Wildman–Crippen LogP) is 8.53. The molecule has 0 unspecified atom stereocenters. The topological polar surface area (TPSA) is 12.0 Å². The molecular weight excluding hydrogens is 431 g/mol. The van der Waals surface area contributed by atoms with Crippen LogP contribution in [0.3, 0.4) is 0 Å². The number of nitrogens with one attached hydrogen (secondary N) is 1. The number of hydrogen-bond donors (Lipinski definition) is 1. The fraction of sp³-hybridized carbons (Fsp3) is 0.133. The maximum absolute atomic E-state index is 13.0. The van der Waals surface area contributed by atoms with Gasteiger partial charge in [0, 0.05) is 12.6 Å². The van der Waals surface area contributed by atoms with E-state index in [0.717, 1.165) is 39.6 Å². The molecule has 0 aliphatic rings. The molecule has 1 nitrogen and oxygen atoms in total. The lowest BCUT2D eigenvalue weighted by Gasteiger charge is -2.18. The Labute approximate surface area is 196 Å². The van der Waals surface area contributed by atoms with Gasteiger partial charge in [-0.2, -0.15) is 13.2 Å². The van der Waals surface area contributed by atoms with Gasteiger partial charge in [0.05, 0.1) is 5.56 Å². The van der Waals surface area contributed by atoms with E-state index in [4.69, 9.17) is 0 Å². The van der Waals surface area contributed by atoms with Gasteiger partial charge in [-0.15, -0.1) is 0 Å². The number of alkyl halides is 3. The Morgan fingerprint density at radius 3 is 2.09 bits per heavy atom. The van der Waals surface area contributed by atoms with Crippen molar-refractivity contribution in [2.75, 3.05) is 0 Å². The SMILES string of the molecule is C[C@@H](NCc1cc(-c2ccc(C(F)(F)F)cc2)c2ccccc2c1)c1cccc2ccccc12. The third kappa shape index (κ3) is 4.42. The Hall–Kier alpha value is -3.63. The van der Waals surface area contributed by atoms with E-state index in [-0.39, 0.29) is 6.04 Å². The van der Waals surface area contributed by atoms with Crippen LogP contribution in [-0.2, 0) is 12.7 Å². The van der Waals surface area contributed by atoms with Crippen molar-refractivity contribution in [3.05, 3.63) is 120 Å². The van der Waals surface area contributed by atoms with E-state index in [1.807, 2.05) is 30.3 Å². The Kier molecular flexibility index (Phi) is 5.84.